The highest BCUT2D eigenvalue weighted by molar-refractivity contribution is 7.89. The molecule has 0 spiro atoms. The molecule has 2 saturated heterocycles. The number of likely N-dealkylation sites (N-methyl/N-ethyl adjacent to an activating group) is 1. The van der Waals surface area contributed by atoms with Crippen LogP contribution in [0.15, 0.2) is 58.3 Å². The summed E-state index contributed by atoms with van der Waals surface area (Å²) in [5.74, 6) is -0.207. The summed E-state index contributed by atoms with van der Waals surface area (Å²) in [6.45, 7) is 5.01. The van der Waals surface area contributed by atoms with E-state index in [4.69, 9.17) is 4.74 Å². The molecule has 0 aliphatic carbocycles. The van der Waals surface area contributed by atoms with Crippen LogP contribution < -0.4 is 10.1 Å². The molecule has 1 atom stereocenters. The van der Waals surface area contributed by atoms with E-state index in [2.05, 4.69) is 10.2 Å². The number of hydrogen-bond donors (Lipinski definition) is 1. The Bertz CT molecular complexity index is 1290. The van der Waals surface area contributed by atoms with Gasteiger partial charge in [-0.05, 0) is 75.3 Å². The molecule has 12 heteroatoms. The molecule has 1 N–H and O–H groups in total. The van der Waals surface area contributed by atoms with Crippen LogP contribution in [0.3, 0.4) is 0 Å². The number of nitrogens with one attached hydrogen (secondary N) is 1. The summed E-state index contributed by atoms with van der Waals surface area (Å²) in [5, 5.41) is 2.82. The van der Waals surface area contributed by atoms with E-state index in [1.54, 1.807) is 24.3 Å². The van der Waals surface area contributed by atoms with Crippen LogP contribution in [0.25, 0.3) is 0 Å². The molecule has 1 amide bonds. The first-order valence-corrected chi connectivity index (χ1v) is 15.3. The Labute approximate surface area is 219 Å². The van der Waals surface area contributed by atoms with E-state index in [1.807, 2.05) is 14.0 Å². The predicted molar refractivity (Wildman–Crippen MR) is 140 cm³/mol. The van der Waals surface area contributed by atoms with Crippen LogP contribution >= 0.6 is 0 Å². The quantitative estimate of drug-likeness (QED) is 0.535. The van der Waals surface area contributed by atoms with Gasteiger partial charge in [-0.3, -0.25) is 4.79 Å². The summed E-state index contributed by atoms with van der Waals surface area (Å²) in [6, 6.07) is 12.4. The minimum atomic E-state index is -3.75. The summed E-state index contributed by atoms with van der Waals surface area (Å²) in [6.07, 6.45) is 1.13. The van der Waals surface area contributed by atoms with Gasteiger partial charge in [0.25, 0.3) is 0 Å². The normalized spacial score (nSPS) is 20.4. The standard InChI is InChI=1S/C25H34N4O6S2/c1-3-35-22-8-12-24(13-9-22)37(33,34)29-14-4-5-20(19-29)25(30)26-21-6-10-23(11-7-21)36(31,32)28-17-15-27(2)16-18-28/h6-13,20H,3-5,14-19H2,1-2H3,(H,26,30)/t20-/m1/s1. The Morgan fingerprint density at radius 3 is 2.03 bits per heavy atom. The lowest BCUT2D eigenvalue weighted by molar-refractivity contribution is -0.120. The van der Waals surface area contributed by atoms with Crippen molar-refractivity contribution in [2.24, 2.45) is 5.92 Å². The minimum absolute atomic E-state index is 0.0806. The molecule has 2 aromatic rings. The van der Waals surface area contributed by atoms with Crippen LogP contribution in [-0.4, -0.2) is 89.2 Å². The maximum Gasteiger partial charge on any atom is 0.243 e. The number of piperazine rings is 1. The molecule has 0 radical (unpaired) electrons. The maximum absolute atomic E-state index is 13.2. The lowest BCUT2D eigenvalue weighted by Gasteiger charge is -2.31. The number of rotatable bonds is 8. The fourth-order valence-electron chi connectivity index (χ4n) is 4.53. The Morgan fingerprint density at radius 2 is 1.43 bits per heavy atom. The van der Waals surface area contributed by atoms with Gasteiger partial charge in [0.15, 0.2) is 0 Å². The van der Waals surface area contributed by atoms with E-state index >= 15 is 0 Å². The number of hydrogen-bond acceptors (Lipinski definition) is 7. The zero-order chi connectivity index (χ0) is 26.6. The molecule has 4 rings (SSSR count). The van der Waals surface area contributed by atoms with Crippen molar-refractivity contribution < 1.29 is 26.4 Å². The largest absolute Gasteiger partial charge is 0.494 e. The highest BCUT2D eigenvalue weighted by Crippen LogP contribution is 2.26. The van der Waals surface area contributed by atoms with E-state index < -0.39 is 26.0 Å². The minimum Gasteiger partial charge on any atom is -0.494 e. The molecular formula is C25H34N4O6S2. The number of carbonyl (C=O) groups is 1. The summed E-state index contributed by atoms with van der Waals surface area (Å²) >= 11 is 0. The number of sulfonamides is 2. The van der Waals surface area contributed by atoms with Crippen LogP contribution in [-0.2, 0) is 24.8 Å². The van der Waals surface area contributed by atoms with Crippen molar-refractivity contribution >= 4 is 31.6 Å². The summed E-state index contributed by atoms with van der Waals surface area (Å²) < 4.78 is 60.4. The molecule has 0 unspecified atom stereocenters. The van der Waals surface area contributed by atoms with Gasteiger partial charge in [-0.15, -0.1) is 0 Å². The Hall–Kier alpha value is -2.51. The van der Waals surface area contributed by atoms with E-state index in [9.17, 15) is 21.6 Å². The predicted octanol–water partition coefficient (Wildman–Crippen LogP) is 2.06. The molecule has 2 heterocycles. The second kappa shape index (κ2) is 11.5. The molecular weight excluding hydrogens is 516 g/mol. The van der Waals surface area contributed by atoms with E-state index in [0.717, 1.165) is 0 Å². The number of carbonyl (C=O) groups excluding carboxylic acids is 1. The van der Waals surface area contributed by atoms with Crippen molar-refractivity contribution in [3.05, 3.63) is 48.5 Å². The topological polar surface area (TPSA) is 116 Å². The third-order valence-corrected chi connectivity index (χ3v) is 10.5. The Morgan fingerprint density at radius 1 is 0.865 bits per heavy atom. The van der Waals surface area contributed by atoms with Crippen LogP contribution in [0.2, 0.25) is 0 Å². The van der Waals surface area contributed by atoms with E-state index in [0.29, 0.717) is 63.6 Å². The van der Waals surface area contributed by atoms with Crippen molar-refractivity contribution in [1.82, 2.24) is 13.5 Å². The third-order valence-electron chi connectivity index (χ3n) is 6.75. The average Bonchev–Trinajstić information content (AvgIpc) is 2.90. The second-order valence-corrected chi connectivity index (χ2v) is 13.2. The summed E-state index contributed by atoms with van der Waals surface area (Å²) in [4.78, 5) is 15.4. The SMILES string of the molecule is CCOc1ccc(S(=O)(=O)N2CCC[C@@H](C(=O)Nc3ccc(S(=O)(=O)N4CCN(C)CC4)cc3)C2)cc1. The Kier molecular flexibility index (Phi) is 8.54. The Balaban J connectivity index is 1.38. The fourth-order valence-corrected chi connectivity index (χ4v) is 7.48. The van der Waals surface area contributed by atoms with Gasteiger partial charge in [0, 0.05) is 45.0 Å². The van der Waals surface area contributed by atoms with E-state index in [-0.39, 0.29) is 22.2 Å². The van der Waals surface area contributed by atoms with Gasteiger partial charge in [0.05, 0.1) is 22.3 Å². The molecule has 10 nitrogen and oxygen atoms in total. The monoisotopic (exact) mass is 550 g/mol. The highest BCUT2D eigenvalue weighted by atomic mass is 32.2. The summed E-state index contributed by atoms with van der Waals surface area (Å²) in [7, 11) is -5.38. The van der Waals surface area contributed by atoms with Crippen molar-refractivity contribution in [3.8, 4) is 5.75 Å². The maximum atomic E-state index is 13.2. The van der Waals surface area contributed by atoms with Crippen molar-refractivity contribution in [3.63, 3.8) is 0 Å². The van der Waals surface area contributed by atoms with Gasteiger partial charge in [-0.2, -0.15) is 8.61 Å². The molecule has 202 valence electrons. The molecule has 0 aromatic heterocycles. The first-order chi connectivity index (χ1) is 17.6. The molecule has 2 aliphatic heterocycles. The van der Waals surface area contributed by atoms with Crippen LogP contribution in [0.4, 0.5) is 5.69 Å². The number of benzene rings is 2. The van der Waals surface area contributed by atoms with Gasteiger partial charge >= 0.3 is 0 Å². The number of piperidine rings is 1. The zero-order valence-electron chi connectivity index (χ0n) is 21.2. The van der Waals surface area contributed by atoms with Crippen molar-refractivity contribution in [2.75, 3.05) is 58.2 Å². The lowest BCUT2D eigenvalue weighted by atomic mass is 9.99. The van der Waals surface area contributed by atoms with Gasteiger partial charge in [-0.1, -0.05) is 0 Å². The van der Waals surface area contributed by atoms with Crippen LogP contribution in [0.5, 0.6) is 5.75 Å². The number of anilines is 1. The molecule has 2 aliphatic rings. The third kappa shape index (κ3) is 6.32. The van der Waals surface area contributed by atoms with Gasteiger partial charge < -0.3 is 15.0 Å². The summed E-state index contributed by atoms with van der Waals surface area (Å²) in [5.41, 5.74) is 0.467. The molecule has 2 aromatic carbocycles. The van der Waals surface area contributed by atoms with Gasteiger partial charge in [-0.25, -0.2) is 16.8 Å². The van der Waals surface area contributed by atoms with Gasteiger partial charge in [0.1, 0.15) is 5.75 Å². The fraction of sp³-hybridized carbons (Fsp3) is 0.480. The first-order valence-electron chi connectivity index (χ1n) is 12.4. The van der Waals surface area contributed by atoms with E-state index in [1.165, 1.54) is 32.9 Å². The molecule has 2 fully saturated rings. The first kappa shape index (κ1) is 27.5. The lowest BCUT2D eigenvalue weighted by Crippen LogP contribution is -2.47. The van der Waals surface area contributed by atoms with Gasteiger partial charge in [0.2, 0.25) is 26.0 Å². The molecule has 37 heavy (non-hydrogen) atoms. The van der Waals surface area contributed by atoms with Crippen LogP contribution in [0, 0.1) is 5.92 Å². The number of ether oxygens (including phenoxy) is 1. The number of nitrogens with zero attached hydrogens (tertiary/aromatic N) is 3. The second-order valence-electron chi connectivity index (χ2n) is 9.33. The molecule has 0 bridgehead atoms. The highest BCUT2D eigenvalue weighted by Gasteiger charge is 2.33. The molecule has 0 saturated carbocycles. The van der Waals surface area contributed by atoms with Crippen molar-refractivity contribution in [2.45, 2.75) is 29.6 Å². The number of amides is 1. The van der Waals surface area contributed by atoms with Crippen molar-refractivity contribution in [1.29, 1.82) is 0 Å². The zero-order valence-corrected chi connectivity index (χ0v) is 22.8. The van der Waals surface area contributed by atoms with Crippen LogP contribution in [0.1, 0.15) is 19.8 Å². The average molecular weight is 551 g/mol. The smallest absolute Gasteiger partial charge is 0.243 e.